The van der Waals surface area contributed by atoms with Crippen molar-refractivity contribution < 1.29 is 9.90 Å². The zero-order valence-electron chi connectivity index (χ0n) is 8.99. The van der Waals surface area contributed by atoms with E-state index in [1.54, 1.807) is 19.2 Å². The average molecular weight is 225 g/mol. The second kappa shape index (κ2) is 5.75. The molecular formula is C11H15NO2S. The summed E-state index contributed by atoms with van der Waals surface area (Å²) in [6.45, 7) is 3.91. The van der Waals surface area contributed by atoms with Gasteiger partial charge in [0.1, 0.15) is 5.03 Å². The minimum atomic E-state index is -0.889. The number of carbonyl (C=O) groups is 1. The molecule has 0 aliphatic carbocycles. The van der Waals surface area contributed by atoms with Gasteiger partial charge in [0.2, 0.25) is 0 Å². The molecule has 1 aromatic heterocycles. The summed E-state index contributed by atoms with van der Waals surface area (Å²) < 4.78 is 0. The summed E-state index contributed by atoms with van der Waals surface area (Å²) in [5.41, 5.74) is 1.12. The number of thioether (sulfide) groups is 1. The Morgan fingerprint density at radius 1 is 1.60 bits per heavy atom. The van der Waals surface area contributed by atoms with Gasteiger partial charge >= 0.3 is 5.97 Å². The van der Waals surface area contributed by atoms with E-state index >= 15 is 0 Å². The lowest BCUT2D eigenvalue weighted by molar-refractivity contribution is 0.0691. The van der Waals surface area contributed by atoms with Crippen molar-refractivity contribution in [3.8, 4) is 0 Å². The third-order valence-electron chi connectivity index (χ3n) is 2.08. The molecule has 1 N–H and O–H groups in total. The molecule has 0 aliphatic heterocycles. The zero-order valence-corrected chi connectivity index (χ0v) is 9.80. The summed E-state index contributed by atoms with van der Waals surface area (Å²) in [5.74, 6) is 0.0346. The van der Waals surface area contributed by atoms with Crippen LogP contribution >= 0.6 is 11.8 Å². The fourth-order valence-corrected chi connectivity index (χ4v) is 2.37. The first-order valence-corrected chi connectivity index (χ1v) is 5.97. The van der Waals surface area contributed by atoms with Crippen molar-refractivity contribution >= 4 is 17.7 Å². The molecule has 0 spiro atoms. The Morgan fingerprint density at radius 2 is 2.33 bits per heavy atom. The third kappa shape index (κ3) is 3.23. The van der Waals surface area contributed by atoms with Gasteiger partial charge in [-0.3, -0.25) is 0 Å². The van der Waals surface area contributed by atoms with E-state index in [1.165, 1.54) is 11.8 Å². The van der Waals surface area contributed by atoms with Gasteiger partial charge < -0.3 is 5.11 Å². The van der Waals surface area contributed by atoms with Gasteiger partial charge in [0, 0.05) is 6.20 Å². The largest absolute Gasteiger partial charge is 0.478 e. The van der Waals surface area contributed by atoms with Crippen LogP contribution in [-0.2, 0) is 0 Å². The molecule has 4 heteroatoms. The number of carboxylic acid groups (broad SMARTS) is 1. The zero-order chi connectivity index (χ0) is 11.3. The molecule has 0 aliphatic rings. The maximum Gasteiger partial charge on any atom is 0.338 e. The highest BCUT2D eigenvalue weighted by Crippen LogP contribution is 2.23. The average Bonchev–Trinajstić information content (AvgIpc) is 2.17. The Hall–Kier alpha value is -1.03. The van der Waals surface area contributed by atoms with E-state index in [0.717, 1.165) is 24.2 Å². The number of rotatable bonds is 5. The second-order valence-electron chi connectivity index (χ2n) is 3.32. The smallest absolute Gasteiger partial charge is 0.338 e. The first kappa shape index (κ1) is 12.0. The Bertz CT molecular complexity index is 352. The Morgan fingerprint density at radius 3 is 2.93 bits per heavy atom. The predicted octanol–water partition coefficient (Wildman–Crippen LogP) is 2.98. The fourth-order valence-electron chi connectivity index (χ4n) is 1.22. The standard InChI is InChI=1S/C11H15NO2S/c1-3-4-7-15-10-9(11(13)14)8(2)5-6-12-10/h5-6H,3-4,7H2,1-2H3,(H,13,14). The molecule has 0 radical (unpaired) electrons. The van der Waals surface area contributed by atoms with Crippen LogP contribution in [0.2, 0.25) is 0 Å². The molecule has 0 fully saturated rings. The number of aromatic carboxylic acids is 1. The Kier molecular flexibility index (Phi) is 4.62. The van der Waals surface area contributed by atoms with Gasteiger partial charge in [0.15, 0.2) is 0 Å². The van der Waals surface area contributed by atoms with E-state index < -0.39 is 5.97 Å². The molecule has 0 bridgehead atoms. The molecule has 3 nitrogen and oxygen atoms in total. The molecule has 1 aromatic rings. The van der Waals surface area contributed by atoms with Gasteiger partial charge in [0.05, 0.1) is 5.56 Å². The third-order valence-corrected chi connectivity index (χ3v) is 3.15. The minimum Gasteiger partial charge on any atom is -0.478 e. The van der Waals surface area contributed by atoms with E-state index in [9.17, 15) is 4.79 Å². The lowest BCUT2D eigenvalue weighted by Gasteiger charge is -2.06. The van der Waals surface area contributed by atoms with E-state index in [0.29, 0.717) is 10.6 Å². The van der Waals surface area contributed by atoms with Crippen LogP contribution in [0.25, 0.3) is 0 Å². The van der Waals surface area contributed by atoms with Crippen LogP contribution < -0.4 is 0 Å². The van der Waals surface area contributed by atoms with E-state index in [2.05, 4.69) is 11.9 Å². The molecule has 0 saturated heterocycles. The van der Waals surface area contributed by atoms with Gasteiger partial charge in [0.25, 0.3) is 0 Å². The van der Waals surface area contributed by atoms with E-state index in [1.807, 2.05) is 0 Å². The molecule has 1 rings (SSSR count). The maximum atomic E-state index is 11.0. The topological polar surface area (TPSA) is 50.2 Å². The highest BCUT2D eigenvalue weighted by molar-refractivity contribution is 7.99. The quantitative estimate of drug-likeness (QED) is 0.618. The molecule has 0 aromatic carbocycles. The van der Waals surface area contributed by atoms with Crippen LogP contribution in [-0.4, -0.2) is 21.8 Å². The summed E-state index contributed by atoms with van der Waals surface area (Å²) in [6, 6.07) is 1.73. The van der Waals surface area contributed by atoms with E-state index in [-0.39, 0.29) is 0 Å². The Balaban J connectivity index is 2.86. The molecule has 1 heterocycles. The summed E-state index contributed by atoms with van der Waals surface area (Å²) >= 11 is 1.52. The van der Waals surface area contributed by atoms with Crippen LogP contribution in [0.5, 0.6) is 0 Å². The SMILES string of the molecule is CCCCSc1nccc(C)c1C(=O)O. The highest BCUT2D eigenvalue weighted by Gasteiger charge is 2.14. The molecule has 0 amide bonds. The van der Waals surface area contributed by atoms with Crippen molar-refractivity contribution in [3.63, 3.8) is 0 Å². The van der Waals surface area contributed by atoms with Gasteiger partial charge in [-0.2, -0.15) is 0 Å². The molecule has 0 unspecified atom stereocenters. The van der Waals surface area contributed by atoms with Crippen molar-refractivity contribution in [1.82, 2.24) is 4.98 Å². The first-order valence-electron chi connectivity index (χ1n) is 4.98. The van der Waals surface area contributed by atoms with Crippen molar-refractivity contribution in [2.75, 3.05) is 5.75 Å². The number of nitrogens with zero attached hydrogens (tertiary/aromatic N) is 1. The van der Waals surface area contributed by atoms with E-state index in [4.69, 9.17) is 5.11 Å². The highest BCUT2D eigenvalue weighted by atomic mass is 32.2. The number of carboxylic acids is 1. The number of aromatic nitrogens is 1. The van der Waals surface area contributed by atoms with Gasteiger partial charge in [-0.05, 0) is 30.7 Å². The number of hydrogen-bond acceptors (Lipinski definition) is 3. The lowest BCUT2D eigenvalue weighted by Crippen LogP contribution is -2.04. The van der Waals surface area contributed by atoms with Crippen LogP contribution in [0.1, 0.15) is 35.7 Å². The molecular weight excluding hydrogens is 210 g/mol. The van der Waals surface area contributed by atoms with Gasteiger partial charge in [-0.1, -0.05) is 13.3 Å². The van der Waals surface area contributed by atoms with Gasteiger partial charge in [-0.25, -0.2) is 9.78 Å². The normalized spacial score (nSPS) is 10.3. The minimum absolute atomic E-state index is 0.346. The second-order valence-corrected chi connectivity index (χ2v) is 4.40. The number of aryl methyl sites for hydroxylation is 1. The predicted molar refractivity (Wildman–Crippen MR) is 61.6 cm³/mol. The fraction of sp³-hybridized carbons (Fsp3) is 0.455. The maximum absolute atomic E-state index is 11.0. The summed E-state index contributed by atoms with van der Waals surface area (Å²) in [4.78, 5) is 15.1. The number of unbranched alkanes of at least 4 members (excludes halogenated alkanes) is 1. The molecule has 0 atom stereocenters. The van der Waals surface area contributed by atoms with Crippen LogP contribution in [0.3, 0.4) is 0 Å². The van der Waals surface area contributed by atoms with Crippen LogP contribution in [0.15, 0.2) is 17.3 Å². The van der Waals surface area contributed by atoms with Crippen molar-refractivity contribution in [2.45, 2.75) is 31.7 Å². The molecule has 82 valence electrons. The summed E-state index contributed by atoms with van der Waals surface area (Å²) in [5, 5.41) is 9.68. The Labute approximate surface area is 93.9 Å². The summed E-state index contributed by atoms with van der Waals surface area (Å²) in [7, 11) is 0. The number of pyridine rings is 1. The van der Waals surface area contributed by atoms with Gasteiger partial charge in [-0.15, -0.1) is 11.8 Å². The van der Waals surface area contributed by atoms with Crippen LogP contribution in [0, 0.1) is 6.92 Å². The summed E-state index contributed by atoms with van der Waals surface area (Å²) in [6.07, 6.45) is 3.86. The molecule has 0 saturated carbocycles. The lowest BCUT2D eigenvalue weighted by atomic mass is 10.2. The van der Waals surface area contributed by atoms with Crippen molar-refractivity contribution in [3.05, 3.63) is 23.4 Å². The van der Waals surface area contributed by atoms with Crippen LogP contribution in [0.4, 0.5) is 0 Å². The number of hydrogen-bond donors (Lipinski definition) is 1. The first-order chi connectivity index (χ1) is 7.16. The molecule has 15 heavy (non-hydrogen) atoms. The van der Waals surface area contributed by atoms with Crippen molar-refractivity contribution in [2.24, 2.45) is 0 Å². The monoisotopic (exact) mass is 225 g/mol. The van der Waals surface area contributed by atoms with Crippen molar-refractivity contribution in [1.29, 1.82) is 0 Å².